The average Bonchev–Trinajstić information content (AvgIpc) is 2.37. The van der Waals surface area contributed by atoms with Gasteiger partial charge in [-0.05, 0) is 12.5 Å². The number of nitrogens with one attached hydrogen (secondary N) is 1. The molecule has 0 saturated heterocycles. The van der Waals surface area contributed by atoms with E-state index in [-0.39, 0.29) is 5.41 Å². The first-order valence-electron chi connectivity index (χ1n) is 6.34. The lowest BCUT2D eigenvalue weighted by molar-refractivity contribution is 0.568. The molecule has 0 bridgehead atoms. The van der Waals surface area contributed by atoms with Gasteiger partial charge < -0.3 is 5.43 Å². The number of aryl methyl sites for hydroxylation is 1. The van der Waals surface area contributed by atoms with Gasteiger partial charge in [-0.3, -0.25) is 0 Å². The first kappa shape index (κ1) is 13.5. The molecule has 4 heteroatoms. The van der Waals surface area contributed by atoms with E-state index in [1.165, 1.54) is 0 Å². The van der Waals surface area contributed by atoms with Gasteiger partial charge in [0.25, 0.3) is 0 Å². The minimum Gasteiger partial charge on any atom is -0.308 e. The lowest BCUT2D eigenvalue weighted by Gasteiger charge is -2.19. The number of aromatic nitrogens is 2. The van der Waals surface area contributed by atoms with Crippen molar-refractivity contribution in [3.8, 4) is 11.4 Å². The molecule has 4 nitrogen and oxygen atoms in total. The number of rotatable bonds is 2. The second-order valence-corrected chi connectivity index (χ2v) is 5.67. The van der Waals surface area contributed by atoms with Gasteiger partial charge in [-0.2, -0.15) is 0 Å². The molecule has 0 radical (unpaired) electrons. The van der Waals surface area contributed by atoms with E-state index in [1.807, 2.05) is 24.3 Å². The summed E-state index contributed by atoms with van der Waals surface area (Å²) in [4.78, 5) is 9.13. The molecule has 0 saturated carbocycles. The fraction of sp³-hybridized carbons (Fsp3) is 0.333. The van der Waals surface area contributed by atoms with Crippen molar-refractivity contribution in [2.75, 3.05) is 5.43 Å². The molecule has 3 N–H and O–H groups in total. The van der Waals surface area contributed by atoms with Crippen molar-refractivity contribution in [2.24, 2.45) is 5.84 Å². The van der Waals surface area contributed by atoms with E-state index in [4.69, 9.17) is 5.84 Å². The molecule has 2 rings (SSSR count). The Morgan fingerprint density at radius 1 is 1.11 bits per heavy atom. The average molecular weight is 256 g/mol. The molecule has 0 spiro atoms. The van der Waals surface area contributed by atoms with Crippen molar-refractivity contribution in [1.29, 1.82) is 0 Å². The van der Waals surface area contributed by atoms with E-state index in [9.17, 15) is 0 Å². The van der Waals surface area contributed by atoms with Crippen LogP contribution in [0.4, 0.5) is 5.82 Å². The molecule has 19 heavy (non-hydrogen) atoms. The Hall–Kier alpha value is -1.94. The fourth-order valence-corrected chi connectivity index (χ4v) is 1.85. The fourth-order valence-electron chi connectivity index (χ4n) is 1.85. The van der Waals surface area contributed by atoms with Crippen molar-refractivity contribution in [3.63, 3.8) is 0 Å². The van der Waals surface area contributed by atoms with Crippen LogP contribution in [-0.4, -0.2) is 9.97 Å². The maximum absolute atomic E-state index is 5.51. The number of hydrogen-bond donors (Lipinski definition) is 2. The third-order valence-electron chi connectivity index (χ3n) is 3.03. The van der Waals surface area contributed by atoms with Crippen LogP contribution in [0, 0.1) is 6.92 Å². The molecular weight excluding hydrogens is 236 g/mol. The zero-order valence-corrected chi connectivity index (χ0v) is 11.9. The first-order valence-corrected chi connectivity index (χ1v) is 6.34. The monoisotopic (exact) mass is 256 g/mol. The van der Waals surface area contributed by atoms with Crippen molar-refractivity contribution in [3.05, 3.63) is 41.6 Å². The van der Waals surface area contributed by atoms with Gasteiger partial charge in [-0.25, -0.2) is 15.8 Å². The zero-order valence-electron chi connectivity index (χ0n) is 11.9. The van der Waals surface area contributed by atoms with Gasteiger partial charge in [-0.15, -0.1) is 0 Å². The van der Waals surface area contributed by atoms with E-state index >= 15 is 0 Å². The molecule has 1 aromatic heterocycles. The standard InChI is InChI=1S/C15H20N4/c1-10-7-5-6-8-11(10)14-17-12(15(2,3)4)9-13(18-14)19-16/h5-9H,16H2,1-4H3,(H,17,18,19). The number of nitrogen functional groups attached to an aromatic ring is 1. The summed E-state index contributed by atoms with van der Waals surface area (Å²) in [7, 11) is 0. The van der Waals surface area contributed by atoms with Crippen molar-refractivity contribution in [2.45, 2.75) is 33.1 Å². The van der Waals surface area contributed by atoms with Gasteiger partial charge in [0.1, 0.15) is 5.82 Å². The SMILES string of the molecule is Cc1ccccc1-c1nc(NN)cc(C(C)(C)C)n1. The molecule has 100 valence electrons. The topological polar surface area (TPSA) is 63.8 Å². The molecule has 0 amide bonds. The van der Waals surface area contributed by atoms with Crippen LogP contribution < -0.4 is 11.3 Å². The van der Waals surface area contributed by atoms with Crippen LogP contribution in [0.5, 0.6) is 0 Å². The molecule has 0 aliphatic rings. The highest BCUT2D eigenvalue weighted by Crippen LogP contribution is 2.26. The molecule has 0 aliphatic heterocycles. The zero-order chi connectivity index (χ0) is 14.0. The Balaban J connectivity index is 2.61. The van der Waals surface area contributed by atoms with E-state index in [0.717, 1.165) is 16.8 Å². The van der Waals surface area contributed by atoms with Crippen LogP contribution in [-0.2, 0) is 5.41 Å². The molecule has 0 unspecified atom stereocenters. The Bertz CT molecular complexity index is 585. The Morgan fingerprint density at radius 3 is 2.37 bits per heavy atom. The second-order valence-electron chi connectivity index (χ2n) is 5.67. The Morgan fingerprint density at radius 2 is 1.79 bits per heavy atom. The highest BCUT2D eigenvalue weighted by Gasteiger charge is 2.18. The number of hydrazine groups is 1. The van der Waals surface area contributed by atoms with Crippen LogP contribution in [0.15, 0.2) is 30.3 Å². The van der Waals surface area contributed by atoms with Gasteiger partial charge in [0, 0.05) is 17.0 Å². The number of benzene rings is 1. The number of nitrogens with two attached hydrogens (primary N) is 1. The van der Waals surface area contributed by atoms with Crippen LogP contribution in [0.1, 0.15) is 32.0 Å². The first-order chi connectivity index (χ1) is 8.91. The maximum atomic E-state index is 5.51. The summed E-state index contributed by atoms with van der Waals surface area (Å²) in [6.07, 6.45) is 0. The molecule has 0 fully saturated rings. The minimum atomic E-state index is -0.0496. The van der Waals surface area contributed by atoms with Crippen LogP contribution in [0.3, 0.4) is 0 Å². The quantitative estimate of drug-likeness (QED) is 0.640. The minimum absolute atomic E-state index is 0.0496. The van der Waals surface area contributed by atoms with Gasteiger partial charge in [-0.1, -0.05) is 45.0 Å². The summed E-state index contributed by atoms with van der Waals surface area (Å²) >= 11 is 0. The van der Waals surface area contributed by atoms with Gasteiger partial charge in [0.05, 0.1) is 5.69 Å². The van der Waals surface area contributed by atoms with E-state index in [1.54, 1.807) is 0 Å². The highest BCUT2D eigenvalue weighted by molar-refractivity contribution is 5.61. The molecule has 1 heterocycles. The lowest BCUT2D eigenvalue weighted by Crippen LogP contribution is -2.17. The van der Waals surface area contributed by atoms with Crippen LogP contribution in [0.2, 0.25) is 0 Å². The smallest absolute Gasteiger partial charge is 0.162 e. The third kappa shape index (κ3) is 2.90. The largest absolute Gasteiger partial charge is 0.308 e. The summed E-state index contributed by atoms with van der Waals surface area (Å²) in [5, 5.41) is 0. The molecule has 0 aliphatic carbocycles. The number of nitrogens with zero attached hydrogens (tertiary/aromatic N) is 2. The van der Waals surface area contributed by atoms with E-state index in [0.29, 0.717) is 11.6 Å². The summed E-state index contributed by atoms with van der Waals surface area (Å²) in [5.41, 5.74) is 5.72. The van der Waals surface area contributed by atoms with Gasteiger partial charge in [0.2, 0.25) is 0 Å². The summed E-state index contributed by atoms with van der Waals surface area (Å²) < 4.78 is 0. The summed E-state index contributed by atoms with van der Waals surface area (Å²) in [6, 6.07) is 9.97. The number of hydrogen-bond acceptors (Lipinski definition) is 4. The highest BCUT2D eigenvalue weighted by atomic mass is 15.3. The number of anilines is 1. The second kappa shape index (κ2) is 4.97. The predicted octanol–water partition coefficient (Wildman–Crippen LogP) is 3.04. The third-order valence-corrected chi connectivity index (χ3v) is 3.03. The van der Waals surface area contributed by atoms with Gasteiger partial charge in [0.15, 0.2) is 5.82 Å². The molecule has 1 aromatic carbocycles. The van der Waals surface area contributed by atoms with Crippen molar-refractivity contribution in [1.82, 2.24) is 9.97 Å². The molecule has 0 atom stereocenters. The van der Waals surface area contributed by atoms with Crippen molar-refractivity contribution >= 4 is 5.82 Å². The van der Waals surface area contributed by atoms with Crippen LogP contribution in [0.25, 0.3) is 11.4 Å². The normalized spacial score (nSPS) is 11.4. The predicted molar refractivity (Wildman–Crippen MR) is 78.7 cm³/mol. The molecule has 2 aromatic rings. The van der Waals surface area contributed by atoms with Gasteiger partial charge >= 0.3 is 0 Å². The summed E-state index contributed by atoms with van der Waals surface area (Å²) in [6.45, 7) is 8.42. The molecular formula is C15H20N4. The Labute approximate surface area is 114 Å². The lowest BCUT2D eigenvalue weighted by atomic mass is 9.91. The summed E-state index contributed by atoms with van der Waals surface area (Å²) in [5.74, 6) is 6.85. The van der Waals surface area contributed by atoms with E-state index < -0.39 is 0 Å². The van der Waals surface area contributed by atoms with Crippen LogP contribution >= 0.6 is 0 Å². The van der Waals surface area contributed by atoms with E-state index in [2.05, 4.69) is 49.2 Å². The van der Waals surface area contributed by atoms with Crippen molar-refractivity contribution < 1.29 is 0 Å². The Kier molecular flexibility index (Phi) is 3.53. The maximum Gasteiger partial charge on any atom is 0.162 e.